The van der Waals surface area contributed by atoms with Gasteiger partial charge >= 0.3 is 0 Å². The summed E-state index contributed by atoms with van der Waals surface area (Å²) >= 11 is 0. The minimum absolute atomic E-state index is 0.0381. The zero-order chi connectivity index (χ0) is 16.4. The normalized spacial score (nSPS) is 25.2. The first-order chi connectivity index (χ1) is 11.1. The third-order valence-electron chi connectivity index (χ3n) is 4.87. The molecule has 122 valence electrons. The molecule has 0 saturated carbocycles. The number of carbonyl (C=O) groups is 2. The molecule has 0 unspecified atom stereocenters. The van der Waals surface area contributed by atoms with Crippen LogP contribution in [0.3, 0.4) is 0 Å². The number of amides is 2. The molecule has 2 amide bonds. The van der Waals surface area contributed by atoms with Crippen molar-refractivity contribution in [2.45, 2.75) is 12.0 Å². The van der Waals surface area contributed by atoms with Crippen LogP contribution in [0.15, 0.2) is 37.2 Å². The van der Waals surface area contributed by atoms with Crippen molar-refractivity contribution in [2.75, 3.05) is 39.8 Å². The van der Waals surface area contributed by atoms with Crippen molar-refractivity contribution in [3.8, 4) is 0 Å². The van der Waals surface area contributed by atoms with Gasteiger partial charge < -0.3 is 9.80 Å². The van der Waals surface area contributed by atoms with Crippen molar-refractivity contribution < 1.29 is 9.59 Å². The summed E-state index contributed by atoms with van der Waals surface area (Å²) in [5, 5.41) is 0. The Morgan fingerprint density at radius 2 is 2.09 bits per heavy atom. The molecule has 0 aromatic carbocycles. The summed E-state index contributed by atoms with van der Waals surface area (Å²) in [6.45, 7) is 7.02. The number of rotatable bonds is 3. The first-order valence-electron chi connectivity index (χ1n) is 7.89. The molecule has 2 aliphatic rings. The summed E-state index contributed by atoms with van der Waals surface area (Å²) < 4.78 is 0. The predicted octanol–water partition coefficient (Wildman–Crippen LogP) is 0.626. The molecule has 0 radical (unpaired) electrons. The average molecular weight is 314 g/mol. The van der Waals surface area contributed by atoms with Crippen LogP contribution >= 0.6 is 0 Å². The first-order valence-corrected chi connectivity index (χ1v) is 7.89. The molecule has 0 aliphatic carbocycles. The second-order valence-corrected chi connectivity index (χ2v) is 6.21. The summed E-state index contributed by atoms with van der Waals surface area (Å²) in [4.78, 5) is 35.2. The fraction of sp³-hybridized carbons (Fsp3) is 0.471. The Kier molecular flexibility index (Phi) is 4.17. The topological polar surface area (TPSA) is 56.8 Å². The Hall–Kier alpha value is -2.21. The van der Waals surface area contributed by atoms with E-state index in [1.54, 1.807) is 34.3 Å². The second kappa shape index (κ2) is 6.12. The molecular weight excluding hydrogens is 292 g/mol. The standard InChI is InChI=1S/C17H22N4O2/c1-3-9-21-12-11-19(2)16(23)17(21)6-10-20(13-17)15(22)14-4-7-18-8-5-14/h3-5,7-8H,1,6,9-13H2,2H3/t17-/m1/s1. The van der Waals surface area contributed by atoms with Crippen LogP contribution in [-0.2, 0) is 4.79 Å². The molecule has 1 spiro atoms. The van der Waals surface area contributed by atoms with Gasteiger partial charge in [-0.2, -0.15) is 0 Å². The van der Waals surface area contributed by atoms with Gasteiger partial charge in [0.2, 0.25) is 5.91 Å². The lowest BCUT2D eigenvalue weighted by atomic mass is 9.91. The lowest BCUT2D eigenvalue weighted by Crippen LogP contribution is -2.66. The minimum atomic E-state index is -0.607. The summed E-state index contributed by atoms with van der Waals surface area (Å²) in [6, 6.07) is 3.42. The van der Waals surface area contributed by atoms with Crippen LogP contribution in [0.4, 0.5) is 0 Å². The van der Waals surface area contributed by atoms with E-state index in [1.165, 1.54) is 0 Å². The number of likely N-dealkylation sites (N-methyl/N-ethyl adjacent to an activating group) is 1. The van der Waals surface area contributed by atoms with Gasteiger partial charge in [0, 0.05) is 57.7 Å². The van der Waals surface area contributed by atoms with Crippen LogP contribution in [0, 0.1) is 0 Å². The maximum Gasteiger partial charge on any atom is 0.254 e. The summed E-state index contributed by atoms with van der Waals surface area (Å²) in [7, 11) is 1.84. The Balaban J connectivity index is 1.84. The SMILES string of the molecule is C=CCN1CCN(C)C(=O)[C@]12CCN(C(=O)c1ccncc1)C2. The smallest absolute Gasteiger partial charge is 0.254 e. The van der Waals surface area contributed by atoms with Crippen molar-refractivity contribution in [1.82, 2.24) is 19.7 Å². The third-order valence-corrected chi connectivity index (χ3v) is 4.87. The Bertz CT molecular complexity index is 618. The van der Waals surface area contributed by atoms with Gasteiger partial charge in [-0.25, -0.2) is 0 Å². The van der Waals surface area contributed by atoms with Crippen molar-refractivity contribution in [1.29, 1.82) is 0 Å². The van der Waals surface area contributed by atoms with Crippen LogP contribution in [-0.4, -0.2) is 76.8 Å². The maximum atomic E-state index is 12.8. The molecule has 2 aliphatic heterocycles. The minimum Gasteiger partial charge on any atom is -0.343 e. The second-order valence-electron chi connectivity index (χ2n) is 6.21. The number of likely N-dealkylation sites (tertiary alicyclic amines) is 1. The van der Waals surface area contributed by atoms with E-state index in [2.05, 4.69) is 16.5 Å². The lowest BCUT2D eigenvalue weighted by molar-refractivity contribution is -0.148. The van der Waals surface area contributed by atoms with E-state index in [0.717, 1.165) is 6.54 Å². The molecule has 0 N–H and O–H groups in total. The van der Waals surface area contributed by atoms with Gasteiger partial charge in [-0.1, -0.05) is 6.08 Å². The van der Waals surface area contributed by atoms with Crippen LogP contribution < -0.4 is 0 Å². The highest BCUT2D eigenvalue weighted by Gasteiger charge is 2.53. The highest BCUT2D eigenvalue weighted by atomic mass is 16.2. The molecule has 1 aromatic heterocycles. The number of aromatic nitrogens is 1. The number of carbonyl (C=O) groups excluding carboxylic acids is 2. The Labute approximate surface area is 136 Å². The van der Waals surface area contributed by atoms with Crippen LogP contribution in [0.2, 0.25) is 0 Å². The van der Waals surface area contributed by atoms with Gasteiger partial charge in [0.05, 0.1) is 0 Å². The first kappa shape index (κ1) is 15.7. The van der Waals surface area contributed by atoms with Crippen LogP contribution in [0.5, 0.6) is 0 Å². The fourth-order valence-electron chi connectivity index (χ4n) is 3.58. The molecule has 1 atom stereocenters. The molecule has 23 heavy (non-hydrogen) atoms. The molecule has 1 aromatic rings. The Morgan fingerprint density at radius 1 is 1.35 bits per heavy atom. The van der Waals surface area contributed by atoms with E-state index in [0.29, 0.717) is 38.2 Å². The van der Waals surface area contributed by atoms with Gasteiger partial charge in [-0.3, -0.25) is 19.5 Å². The molecule has 2 saturated heterocycles. The van der Waals surface area contributed by atoms with E-state index in [9.17, 15) is 9.59 Å². The van der Waals surface area contributed by atoms with E-state index in [-0.39, 0.29) is 11.8 Å². The summed E-state index contributed by atoms with van der Waals surface area (Å²) in [6.07, 6.45) is 5.72. The largest absolute Gasteiger partial charge is 0.343 e. The predicted molar refractivity (Wildman–Crippen MR) is 86.9 cm³/mol. The van der Waals surface area contributed by atoms with Crippen LogP contribution in [0.1, 0.15) is 16.8 Å². The number of pyridine rings is 1. The molecule has 2 fully saturated rings. The molecular formula is C17H22N4O2. The highest BCUT2D eigenvalue weighted by Crippen LogP contribution is 2.33. The summed E-state index contributed by atoms with van der Waals surface area (Å²) in [5.74, 6) is 0.0690. The van der Waals surface area contributed by atoms with E-state index >= 15 is 0 Å². The number of hydrogen-bond donors (Lipinski definition) is 0. The van der Waals surface area contributed by atoms with E-state index in [1.807, 2.05) is 13.1 Å². The van der Waals surface area contributed by atoms with Gasteiger partial charge in [-0.15, -0.1) is 6.58 Å². The number of piperazine rings is 1. The molecule has 6 nitrogen and oxygen atoms in total. The fourth-order valence-corrected chi connectivity index (χ4v) is 3.58. The zero-order valence-electron chi connectivity index (χ0n) is 13.4. The van der Waals surface area contributed by atoms with Crippen molar-refractivity contribution in [2.24, 2.45) is 0 Å². The third kappa shape index (κ3) is 2.63. The van der Waals surface area contributed by atoms with E-state index < -0.39 is 5.54 Å². The average Bonchev–Trinajstić information content (AvgIpc) is 3.02. The monoisotopic (exact) mass is 314 g/mol. The van der Waals surface area contributed by atoms with E-state index in [4.69, 9.17) is 0 Å². The maximum absolute atomic E-state index is 12.8. The molecule has 3 heterocycles. The van der Waals surface area contributed by atoms with Gasteiger partial charge in [0.15, 0.2) is 0 Å². The molecule has 6 heteroatoms. The lowest BCUT2D eigenvalue weighted by Gasteiger charge is -2.46. The van der Waals surface area contributed by atoms with Gasteiger partial charge in [-0.05, 0) is 18.6 Å². The highest BCUT2D eigenvalue weighted by molar-refractivity contribution is 5.96. The van der Waals surface area contributed by atoms with Crippen molar-refractivity contribution in [3.63, 3.8) is 0 Å². The summed E-state index contributed by atoms with van der Waals surface area (Å²) in [5.41, 5.74) is 0.00749. The molecule has 0 bridgehead atoms. The van der Waals surface area contributed by atoms with Gasteiger partial charge in [0.25, 0.3) is 5.91 Å². The van der Waals surface area contributed by atoms with Gasteiger partial charge in [0.1, 0.15) is 5.54 Å². The number of hydrogen-bond acceptors (Lipinski definition) is 4. The van der Waals surface area contributed by atoms with Crippen LogP contribution in [0.25, 0.3) is 0 Å². The Morgan fingerprint density at radius 3 is 2.78 bits per heavy atom. The zero-order valence-corrected chi connectivity index (χ0v) is 13.4. The van der Waals surface area contributed by atoms with Crippen molar-refractivity contribution >= 4 is 11.8 Å². The quantitative estimate of drug-likeness (QED) is 0.768. The molecule has 3 rings (SSSR count). The number of nitrogens with zero attached hydrogens (tertiary/aromatic N) is 4. The van der Waals surface area contributed by atoms with Crippen molar-refractivity contribution in [3.05, 3.63) is 42.7 Å².